The molecule has 5 nitrogen and oxygen atoms in total. The Bertz CT molecular complexity index is 295. The van der Waals surface area contributed by atoms with E-state index in [9.17, 15) is 14.7 Å². The average Bonchev–Trinajstić information content (AvgIpc) is 2.29. The fourth-order valence-corrected chi connectivity index (χ4v) is 2.51. The van der Waals surface area contributed by atoms with Gasteiger partial charge in [-0.05, 0) is 33.2 Å². The molecule has 0 aliphatic carbocycles. The van der Waals surface area contributed by atoms with E-state index in [2.05, 4.69) is 4.90 Å². The number of piperidine rings is 1. The van der Waals surface area contributed by atoms with Crippen molar-refractivity contribution >= 4 is 12.4 Å². The van der Waals surface area contributed by atoms with Crippen LogP contribution in [-0.2, 0) is 9.59 Å². The Hall–Kier alpha value is -1.10. The predicted molar refractivity (Wildman–Crippen MR) is 64.8 cm³/mol. The molecular formula is C12H22N2O3. The number of carbonyl (C=O) groups is 2. The van der Waals surface area contributed by atoms with Crippen molar-refractivity contribution in [1.29, 1.82) is 0 Å². The monoisotopic (exact) mass is 242 g/mol. The number of aliphatic carboxylic acids is 1. The van der Waals surface area contributed by atoms with Gasteiger partial charge in [-0.1, -0.05) is 6.92 Å². The highest BCUT2D eigenvalue weighted by molar-refractivity contribution is 5.81. The molecule has 0 aromatic carbocycles. The van der Waals surface area contributed by atoms with E-state index < -0.39 is 11.5 Å². The molecule has 0 aromatic heterocycles. The molecule has 98 valence electrons. The second kappa shape index (κ2) is 5.49. The maximum Gasteiger partial charge on any atom is 0.329 e. The minimum atomic E-state index is -1.01. The average molecular weight is 242 g/mol. The smallest absolute Gasteiger partial charge is 0.329 e. The maximum absolute atomic E-state index is 11.6. The summed E-state index contributed by atoms with van der Waals surface area (Å²) in [5.41, 5.74) is -1.01. The van der Waals surface area contributed by atoms with E-state index in [0.717, 1.165) is 6.42 Å². The summed E-state index contributed by atoms with van der Waals surface area (Å²) in [4.78, 5) is 26.3. The van der Waals surface area contributed by atoms with Gasteiger partial charge in [-0.2, -0.15) is 0 Å². The fraction of sp³-hybridized carbons (Fsp3) is 0.833. The quantitative estimate of drug-likeness (QED) is 0.724. The van der Waals surface area contributed by atoms with Gasteiger partial charge >= 0.3 is 5.97 Å². The van der Waals surface area contributed by atoms with Gasteiger partial charge in [0.2, 0.25) is 6.41 Å². The topological polar surface area (TPSA) is 60.9 Å². The van der Waals surface area contributed by atoms with Gasteiger partial charge in [-0.3, -0.25) is 4.79 Å². The number of carboxylic acid groups (broad SMARTS) is 1. The minimum Gasteiger partial charge on any atom is -0.479 e. The van der Waals surface area contributed by atoms with Gasteiger partial charge in [0.05, 0.1) is 0 Å². The number of hydrogen-bond acceptors (Lipinski definition) is 3. The van der Waals surface area contributed by atoms with E-state index in [4.69, 9.17) is 0 Å². The lowest BCUT2D eigenvalue weighted by molar-refractivity contribution is -0.160. The molecule has 0 bridgehead atoms. The summed E-state index contributed by atoms with van der Waals surface area (Å²) in [6.45, 7) is 5.17. The van der Waals surface area contributed by atoms with Crippen molar-refractivity contribution in [3.63, 3.8) is 0 Å². The predicted octanol–water partition coefficient (Wildman–Crippen LogP) is 0.792. The molecule has 1 fully saturated rings. The van der Waals surface area contributed by atoms with Crippen LogP contribution in [0.25, 0.3) is 0 Å². The zero-order valence-corrected chi connectivity index (χ0v) is 10.8. The van der Waals surface area contributed by atoms with Crippen LogP contribution < -0.4 is 0 Å². The molecule has 5 heteroatoms. The minimum absolute atomic E-state index is 0.180. The zero-order chi connectivity index (χ0) is 13.1. The highest BCUT2D eigenvalue weighted by atomic mass is 16.4. The molecule has 1 rings (SSSR count). The van der Waals surface area contributed by atoms with E-state index in [1.165, 1.54) is 4.90 Å². The lowest BCUT2D eigenvalue weighted by Crippen LogP contribution is -2.61. The standard InChI is InChI=1S/C12H22N2O3/c1-4-6-14(9-15)12(11(16)17)5-7-13(3)10(2)8-12/h9-10H,4-8H2,1-3H3,(H,16,17). The summed E-state index contributed by atoms with van der Waals surface area (Å²) in [6.07, 6.45) is 2.47. The van der Waals surface area contributed by atoms with Crippen molar-refractivity contribution in [1.82, 2.24) is 9.80 Å². The number of amides is 1. The number of nitrogens with zero attached hydrogens (tertiary/aromatic N) is 2. The Morgan fingerprint density at radius 3 is 2.71 bits per heavy atom. The van der Waals surface area contributed by atoms with Gasteiger partial charge in [-0.15, -0.1) is 0 Å². The van der Waals surface area contributed by atoms with Crippen LogP contribution in [0.15, 0.2) is 0 Å². The van der Waals surface area contributed by atoms with Gasteiger partial charge in [0.15, 0.2) is 0 Å². The van der Waals surface area contributed by atoms with Crippen LogP contribution in [0.1, 0.15) is 33.1 Å². The van der Waals surface area contributed by atoms with Crippen molar-refractivity contribution in [2.75, 3.05) is 20.1 Å². The van der Waals surface area contributed by atoms with E-state index in [0.29, 0.717) is 32.3 Å². The van der Waals surface area contributed by atoms with Gasteiger partial charge in [0.25, 0.3) is 0 Å². The first-order valence-corrected chi connectivity index (χ1v) is 6.13. The summed E-state index contributed by atoms with van der Waals surface area (Å²) < 4.78 is 0. The van der Waals surface area contributed by atoms with Gasteiger partial charge in [-0.25, -0.2) is 4.79 Å². The Morgan fingerprint density at radius 2 is 2.29 bits per heavy atom. The summed E-state index contributed by atoms with van der Waals surface area (Å²) in [7, 11) is 1.99. The third-order valence-corrected chi connectivity index (χ3v) is 3.80. The van der Waals surface area contributed by atoms with Gasteiger partial charge in [0.1, 0.15) is 5.54 Å². The highest BCUT2D eigenvalue weighted by Crippen LogP contribution is 2.31. The Labute approximate surface area is 102 Å². The van der Waals surface area contributed by atoms with Crippen LogP contribution in [0.5, 0.6) is 0 Å². The van der Waals surface area contributed by atoms with Crippen LogP contribution in [0.2, 0.25) is 0 Å². The summed E-state index contributed by atoms with van der Waals surface area (Å²) in [5, 5.41) is 9.50. The molecule has 1 aliphatic heterocycles. The first-order chi connectivity index (χ1) is 7.97. The molecule has 2 unspecified atom stereocenters. The van der Waals surface area contributed by atoms with Crippen LogP contribution in [0.4, 0.5) is 0 Å². The van der Waals surface area contributed by atoms with E-state index in [1.807, 2.05) is 20.9 Å². The van der Waals surface area contributed by atoms with E-state index >= 15 is 0 Å². The van der Waals surface area contributed by atoms with Crippen LogP contribution in [0.3, 0.4) is 0 Å². The van der Waals surface area contributed by atoms with Crippen molar-refractivity contribution in [2.24, 2.45) is 0 Å². The summed E-state index contributed by atoms with van der Waals surface area (Å²) in [5.74, 6) is -0.877. The van der Waals surface area contributed by atoms with Crippen molar-refractivity contribution in [2.45, 2.75) is 44.7 Å². The van der Waals surface area contributed by atoms with Crippen molar-refractivity contribution in [3.05, 3.63) is 0 Å². The van der Waals surface area contributed by atoms with Crippen molar-refractivity contribution < 1.29 is 14.7 Å². The number of likely N-dealkylation sites (tertiary alicyclic amines) is 1. The third kappa shape index (κ3) is 2.60. The summed E-state index contributed by atoms with van der Waals surface area (Å²) in [6, 6.07) is 0.180. The van der Waals surface area contributed by atoms with Gasteiger partial charge in [0, 0.05) is 19.1 Å². The molecule has 0 radical (unpaired) electrons. The van der Waals surface area contributed by atoms with Crippen molar-refractivity contribution in [3.8, 4) is 0 Å². The van der Waals surface area contributed by atoms with Gasteiger partial charge < -0.3 is 14.9 Å². The van der Waals surface area contributed by atoms with Crippen LogP contribution >= 0.6 is 0 Å². The first-order valence-electron chi connectivity index (χ1n) is 6.13. The lowest BCUT2D eigenvalue weighted by atomic mass is 9.82. The molecule has 1 saturated heterocycles. The lowest BCUT2D eigenvalue weighted by Gasteiger charge is -2.46. The normalized spacial score (nSPS) is 29.9. The molecule has 0 aromatic rings. The Balaban J connectivity index is 2.97. The second-order valence-corrected chi connectivity index (χ2v) is 4.92. The number of rotatable bonds is 5. The Kier molecular flexibility index (Phi) is 4.51. The van der Waals surface area contributed by atoms with Crippen LogP contribution in [0, 0.1) is 0 Å². The van der Waals surface area contributed by atoms with Crippen LogP contribution in [-0.4, -0.2) is 59.0 Å². The first kappa shape index (κ1) is 14.0. The molecular weight excluding hydrogens is 220 g/mol. The fourth-order valence-electron chi connectivity index (χ4n) is 2.51. The Morgan fingerprint density at radius 1 is 1.65 bits per heavy atom. The molecule has 0 saturated carbocycles. The zero-order valence-electron chi connectivity index (χ0n) is 10.8. The molecule has 1 N–H and O–H groups in total. The van der Waals surface area contributed by atoms with E-state index in [-0.39, 0.29) is 6.04 Å². The number of hydrogen-bond donors (Lipinski definition) is 1. The maximum atomic E-state index is 11.6. The largest absolute Gasteiger partial charge is 0.479 e. The third-order valence-electron chi connectivity index (χ3n) is 3.80. The van der Waals surface area contributed by atoms with E-state index in [1.54, 1.807) is 0 Å². The second-order valence-electron chi connectivity index (χ2n) is 4.92. The number of carboxylic acids is 1. The summed E-state index contributed by atoms with van der Waals surface area (Å²) >= 11 is 0. The molecule has 0 spiro atoms. The molecule has 1 aliphatic rings. The number of carbonyl (C=O) groups excluding carboxylic acids is 1. The molecule has 2 atom stereocenters. The molecule has 1 heterocycles. The highest BCUT2D eigenvalue weighted by Gasteiger charge is 2.47. The SMILES string of the molecule is CCCN(C=O)C1(C(=O)O)CCN(C)C(C)C1. The molecule has 17 heavy (non-hydrogen) atoms. The molecule has 1 amide bonds.